The number of allylic oxidation sites excluding steroid dienone is 2. The summed E-state index contributed by atoms with van der Waals surface area (Å²) in [6, 6.07) is 17.5. The molecule has 0 radical (unpaired) electrons. The van der Waals surface area contributed by atoms with Crippen LogP contribution in [0.4, 0.5) is 13.2 Å². The van der Waals surface area contributed by atoms with Gasteiger partial charge < -0.3 is 0 Å². The van der Waals surface area contributed by atoms with Gasteiger partial charge in [-0.05, 0) is 53.1 Å². The lowest BCUT2D eigenvalue weighted by molar-refractivity contribution is 0.627. The molecule has 0 N–H and O–H groups in total. The summed E-state index contributed by atoms with van der Waals surface area (Å²) in [4.78, 5) is 0. The monoisotopic (exact) mass is 418 g/mol. The van der Waals surface area contributed by atoms with Crippen molar-refractivity contribution >= 4 is 33.3 Å². The second kappa shape index (κ2) is 9.13. The highest BCUT2D eigenvalue weighted by atomic mass is 35.5. The van der Waals surface area contributed by atoms with E-state index in [1.54, 1.807) is 48.6 Å². The maximum atomic E-state index is 13.3. The molecule has 0 saturated heterocycles. The molecule has 28 heavy (non-hydrogen) atoms. The summed E-state index contributed by atoms with van der Waals surface area (Å²) in [5.74, 6) is -1.45. The van der Waals surface area contributed by atoms with Gasteiger partial charge in [0.25, 0.3) is 0 Å². The van der Waals surface area contributed by atoms with E-state index in [0.717, 1.165) is 5.56 Å². The third-order valence-corrected chi connectivity index (χ3v) is 4.84. The number of benzene rings is 3. The lowest BCUT2D eigenvalue weighted by Crippen LogP contribution is -1.94. The Morgan fingerprint density at radius 2 is 0.893 bits per heavy atom. The van der Waals surface area contributed by atoms with Crippen LogP contribution in [-0.4, -0.2) is 0 Å². The second-order valence-corrected chi connectivity index (χ2v) is 6.93. The molecule has 0 spiro atoms. The quantitative estimate of drug-likeness (QED) is 0.397. The van der Waals surface area contributed by atoms with E-state index >= 15 is 0 Å². The first-order valence-electron chi connectivity index (χ1n) is 8.44. The summed E-state index contributed by atoms with van der Waals surface area (Å²) in [7, 11) is 0. The number of rotatable bonds is 5. The molecule has 0 bridgehead atoms. The minimum Gasteiger partial charge on any atom is -0.207 e. The smallest absolute Gasteiger partial charge is 0.123 e. The van der Waals surface area contributed by atoms with Gasteiger partial charge in [-0.25, -0.2) is 13.2 Å². The summed E-state index contributed by atoms with van der Waals surface area (Å²) in [5, 5.41) is 0.795. The molecule has 0 aromatic heterocycles. The fraction of sp³-hybridized carbons (Fsp3) is 0.0435. The van der Waals surface area contributed by atoms with Crippen LogP contribution >= 0.6 is 23.2 Å². The Labute approximate surface area is 171 Å². The van der Waals surface area contributed by atoms with Gasteiger partial charge in [0.2, 0.25) is 0 Å². The average Bonchev–Trinajstić information content (AvgIpc) is 2.69. The van der Waals surface area contributed by atoms with Gasteiger partial charge in [-0.3, -0.25) is 0 Å². The third-order valence-electron chi connectivity index (χ3n) is 4.15. The zero-order chi connectivity index (χ0) is 20.1. The van der Waals surface area contributed by atoms with Crippen LogP contribution in [0.15, 0.2) is 84.9 Å². The van der Waals surface area contributed by atoms with Crippen LogP contribution in [0.5, 0.6) is 0 Å². The van der Waals surface area contributed by atoms with Crippen LogP contribution in [0, 0.1) is 17.5 Å². The number of hydrogen-bond donors (Lipinski definition) is 0. The minimum atomic E-state index is -0.379. The predicted molar refractivity (Wildman–Crippen MR) is 110 cm³/mol. The van der Waals surface area contributed by atoms with Crippen LogP contribution in [-0.2, 0) is 0 Å². The van der Waals surface area contributed by atoms with Crippen LogP contribution in [0.25, 0.3) is 10.1 Å². The molecule has 0 heterocycles. The summed E-state index contributed by atoms with van der Waals surface area (Å²) in [6.45, 7) is 0. The van der Waals surface area contributed by atoms with E-state index < -0.39 is 0 Å². The molecule has 5 heteroatoms. The topological polar surface area (TPSA) is 0 Å². The van der Waals surface area contributed by atoms with Crippen molar-refractivity contribution < 1.29 is 13.2 Å². The van der Waals surface area contributed by atoms with Gasteiger partial charge >= 0.3 is 0 Å². The molecular formula is C23H15Cl2F3. The van der Waals surface area contributed by atoms with E-state index in [2.05, 4.69) is 0 Å². The molecule has 0 amide bonds. The first-order valence-corrected chi connectivity index (χ1v) is 9.20. The molecule has 0 fully saturated rings. The largest absolute Gasteiger partial charge is 0.207 e. The van der Waals surface area contributed by atoms with Gasteiger partial charge in [-0.2, -0.15) is 0 Å². The van der Waals surface area contributed by atoms with E-state index in [1.165, 1.54) is 36.4 Å². The van der Waals surface area contributed by atoms with Crippen molar-refractivity contribution in [3.63, 3.8) is 0 Å². The lowest BCUT2D eigenvalue weighted by atomic mass is 9.96. The minimum absolute atomic E-state index is 0.357. The molecule has 1 unspecified atom stereocenters. The molecular weight excluding hydrogens is 404 g/mol. The Kier molecular flexibility index (Phi) is 6.61. The first kappa shape index (κ1) is 20.2. The maximum Gasteiger partial charge on any atom is 0.123 e. The Hall–Kier alpha value is -2.49. The molecule has 0 aliphatic rings. The van der Waals surface area contributed by atoms with Crippen molar-refractivity contribution in [2.45, 2.75) is 5.92 Å². The number of halogens is 5. The molecule has 0 nitrogen and oxygen atoms in total. The van der Waals surface area contributed by atoms with Crippen molar-refractivity contribution in [3.8, 4) is 0 Å². The average molecular weight is 419 g/mol. The zero-order valence-corrected chi connectivity index (χ0v) is 16.1. The fourth-order valence-corrected chi connectivity index (χ4v) is 3.17. The Bertz CT molecular complexity index is 928. The van der Waals surface area contributed by atoms with Gasteiger partial charge in [-0.15, -0.1) is 0 Å². The highest BCUT2D eigenvalue weighted by Crippen LogP contribution is 2.31. The molecule has 1 atom stereocenters. The summed E-state index contributed by atoms with van der Waals surface area (Å²) in [6.07, 6.45) is 3.49. The number of hydrogen-bond acceptors (Lipinski definition) is 0. The second-order valence-electron chi connectivity index (χ2n) is 6.12. The Balaban J connectivity index is 2.00. The van der Waals surface area contributed by atoms with Crippen molar-refractivity contribution in [1.29, 1.82) is 0 Å². The summed E-state index contributed by atoms with van der Waals surface area (Å²) < 4.78 is 39.6. The molecule has 142 valence electrons. The summed E-state index contributed by atoms with van der Waals surface area (Å²) in [5.41, 5.74) is 2.05. The van der Waals surface area contributed by atoms with E-state index in [1.807, 2.05) is 0 Å². The highest BCUT2D eigenvalue weighted by Gasteiger charge is 2.11. The Morgan fingerprint density at radius 3 is 1.25 bits per heavy atom. The maximum absolute atomic E-state index is 13.3. The van der Waals surface area contributed by atoms with E-state index in [4.69, 9.17) is 23.2 Å². The van der Waals surface area contributed by atoms with E-state index in [-0.39, 0.29) is 23.4 Å². The van der Waals surface area contributed by atoms with E-state index in [0.29, 0.717) is 21.2 Å². The SMILES string of the molecule is Fc1ccc(/C(Cl)=C/C(/C=C(/Cl)c2ccc(F)cc2)c2ccc(F)cc2)cc1. The Morgan fingerprint density at radius 1 is 0.571 bits per heavy atom. The zero-order valence-electron chi connectivity index (χ0n) is 14.6. The molecule has 3 rings (SSSR count). The molecule has 3 aromatic rings. The van der Waals surface area contributed by atoms with Crippen LogP contribution in [0.3, 0.4) is 0 Å². The lowest BCUT2D eigenvalue weighted by Gasteiger charge is -2.12. The molecule has 3 aromatic carbocycles. The van der Waals surface area contributed by atoms with Crippen molar-refractivity contribution in [3.05, 3.63) is 119 Å². The third kappa shape index (κ3) is 5.28. The van der Waals surface area contributed by atoms with Crippen LogP contribution < -0.4 is 0 Å². The van der Waals surface area contributed by atoms with Crippen molar-refractivity contribution in [2.75, 3.05) is 0 Å². The summed E-state index contributed by atoms with van der Waals surface area (Å²) >= 11 is 12.9. The molecule has 0 aliphatic carbocycles. The predicted octanol–water partition coefficient (Wildman–Crippen LogP) is 7.75. The molecule has 0 aliphatic heterocycles. The van der Waals surface area contributed by atoms with Gasteiger partial charge in [0.05, 0.1) is 0 Å². The van der Waals surface area contributed by atoms with Crippen LogP contribution in [0.1, 0.15) is 22.6 Å². The fourth-order valence-electron chi connectivity index (χ4n) is 2.65. The van der Waals surface area contributed by atoms with Crippen molar-refractivity contribution in [1.82, 2.24) is 0 Å². The highest BCUT2D eigenvalue weighted by molar-refractivity contribution is 6.49. The van der Waals surface area contributed by atoms with Crippen LogP contribution in [0.2, 0.25) is 0 Å². The standard InChI is InChI=1S/C23H15Cl2F3/c24-22(16-3-9-20(27)10-4-16)13-18(15-1-7-19(26)8-2-15)14-23(25)17-5-11-21(28)12-6-17/h1-14,18H/b22-13-,23-14+. The normalized spacial score (nSPS) is 13.5. The van der Waals surface area contributed by atoms with Gasteiger partial charge in [0.15, 0.2) is 0 Å². The molecule has 0 saturated carbocycles. The van der Waals surface area contributed by atoms with Gasteiger partial charge in [0, 0.05) is 16.0 Å². The van der Waals surface area contributed by atoms with Crippen molar-refractivity contribution in [2.24, 2.45) is 0 Å². The van der Waals surface area contributed by atoms with E-state index in [9.17, 15) is 13.2 Å². The van der Waals surface area contributed by atoms with Gasteiger partial charge in [0.1, 0.15) is 17.5 Å². The first-order chi connectivity index (χ1) is 13.4. The van der Waals surface area contributed by atoms with Gasteiger partial charge in [-0.1, -0.05) is 71.8 Å².